The lowest BCUT2D eigenvalue weighted by Crippen LogP contribution is -2.08. The highest BCUT2D eigenvalue weighted by molar-refractivity contribution is 7.23. The zero-order valence-electron chi connectivity index (χ0n) is 28.2. The van der Waals surface area contributed by atoms with Crippen molar-refractivity contribution in [1.82, 2.24) is 19.9 Å². The summed E-state index contributed by atoms with van der Waals surface area (Å²) in [6.45, 7) is 0.845. The summed E-state index contributed by atoms with van der Waals surface area (Å²) in [7, 11) is 0. The second kappa shape index (κ2) is 12.6. The number of nitrogens with one attached hydrogen (secondary N) is 1. The zero-order valence-corrected chi connectivity index (χ0v) is 29.0. The summed E-state index contributed by atoms with van der Waals surface area (Å²) in [5.41, 5.74) is 13.4. The molecule has 0 bridgehead atoms. The van der Waals surface area contributed by atoms with E-state index in [0.29, 0.717) is 0 Å². The molecule has 0 saturated heterocycles. The van der Waals surface area contributed by atoms with Gasteiger partial charge in [0.15, 0.2) is 0 Å². The minimum absolute atomic E-state index is 0.845. The SMILES string of the molecule is C1=CC(c2ccc(-c3cc(-c4ccncc4)nc(-c4cccc(-n5c6ccccc6c6c7sc(-c8ccccc8)cc7ccc65)c4)c3)cc2)=CCN1. The van der Waals surface area contributed by atoms with Crippen molar-refractivity contribution in [3.8, 4) is 49.8 Å². The van der Waals surface area contributed by atoms with Gasteiger partial charge in [0.25, 0.3) is 0 Å². The molecule has 1 aliphatic heterocycles. The van der Waals surface area contributed by atoms with Crippen molar-refractivity contribution in [1.29, 1.82) is 0 Å². The molecule has 0 saturated carbocycles. The van der Waals surface area contributed by atoms with Gasteiger partial charge < -0.3 is 9.88 Å². The first-order valence-corrected chi connectivity index (χ1v) is 18.3. The van der Waals surface area contributed by atoms with Crippen molar-refractivity contribution in [3.05, 3.63) is 182 Å². The molecule has 0 unspecified atom stereocenters. The van der Waals surface area contributed by atoms with Gasteiger partial charge in [0, 0.05) is 56.1 Å². The van der Waals surface area contributed by atoms with Gasteiger partial charge in [0.2, 0.25) is 0 Å². The molecule has 4 aromatic heterocycles. The van der Waals surface area contributed by atoms with Gasteiger partial charge in [-0.3, -0.25) is 4.98 Å². The molecular weight excluding hydrogens is 653 g/mol. The third-order valence-corrected chi connectivity index (χ3v) is 11.2. The van der Waals surface area contributed by atoms with Crippen LogP contribution < -0.4 is 5.32 Å². The topological polar surface area (TPSA) is 42.7 Å². The Morgan fingerprint density at radius 3 is 2.17 bits per heavy atom. The summed E-state index contributed by atoms with van der Waals surface area (Å²) < 4.78 is 3.73. The predicted octanol–water partition coefficient (Wildman–Crippen LogP) is 12.0. The Labute approximate surface area is 305 Å². The Morgan fingerprint density at radius 1 is 0.577 bits per heavy atom. The Kier molecular flexibility index (Phi) is 7.36. The molecule has 52 heavy (non-hydrogen) atoms. The molecule has 1 N–H and O–H groups in total. The minimum atomic E-state index is 0.845. The maximum atomic E-state index is 5.25. The van der Waals surface area contributed by atoms with Gasteiger partial charge in [-0.25, -0.2) is 4.98 Å². The highest BCUT2D eigenvalue weighted by atomic mass is 32.1. The largest absolute Gasteiger partial charge is 0.387 e. The van der Waals surface area contributed by atoms with Crippen LogP contribution in [-0.2, 0) is 0 Å². The maximum Gasteiger partial charge on any atom is 0.0716 e. The van der Waals surface area contributed by atoms with Crippen LogP contribution in [0.5, 0.6) is 0 Å². The van der Waals surface area contributed by atoms with Gasteiger partial charge in [0.05, 0.1) is 22.4 Å². The third kappa shape index (κ3) is 5.31. The van der Waals surface area contributed by atoms with Gasteiger partial charge in [-0.2, -0.15) is 0 Å². The highest BCUT2D eigenvalue weighted by Crippen LogP contribution is 2.43. The number of fused-ring (bicyclic) bond motifs is 5. The lowest BCUT2D eigenvalue weighted by atomic mass is 9.97. The molecule has 0 amide bonds. The Balaban J connectivity index is 1.12. The van der Waals surface area contributed by atoms with E-state index in [-0.39, 0.29) is 0 Å². The summed E-state index contributed by atoms with van der Waals surface area (Å²) in [4.78, 5) is 10.8. The molecule has 10 rings (SSSR count). The van der Waals surface area contributed by atoms with Gasteiger partial charge in [0.1, 0.15) is 0 Å². The molecule has 0 aliphatic carbocycles. The predicted molar refractivity (Wildman–Crippen MR) is 219 cm³/mol. The number of para-hydroxylation sites is 1. The molecule has 4 nitrogen and oxygen atoms in total. The minimum Gasteiger partial charge on any atom is -0.387 e. The van der Waals surface area contributed by atoms with Crippen molar-refractivity contribution >= 4 is 48.8 Å². The number of rotatable bonds is 6. The fourth-order valence-corrected chi connectivity index (χ4v) is 8.64. The molecule has 5 heterocycles. The van der Waals surface area contributed by atoms with Crippen LogP contribution in [-0.4, -0.2) is 21.1 Å². The standard InChI is InChI=1S/C47H32N4S/c1-2-7-35(8-3-1)45-30-37-17-18-44-46(47(37)52-45)40-11-4-5-12-43(40)51(44)39-10-6-9-36(27-39)42-29-38(28-41(50-42)34-21-25-49-26-22-34)32-15-13-31(14-16-32)33-19-23-48-24-20-33/h1-23,25-30,48H,24H2. The van der Waals surface area contributed by atoms with Crippen LogP contribution in [0.3, 0.4) is 0 Å². The van der Waals surface area contributed by atoms with Crippen molar-refractivity contribution in [3.63, 3.8) is 0 Å². The number of thiophene rings is 1. The number of allylic oxidation sites excluding steroid dienone is 2. The Morgan fingerprint density at radius 2 is 1.35 bits per heavy atom. The van der Waals surface area contributed by atoms with E-state index < -0.39 is 0 Å². The van der Waals surface area contributed by atoms with Crippen LogP contribution in [0, 0.1) is 0 Å². The van der Waals surface area contributed by atoms with Crippen LogP contribution in [0.2, 0.25) is 0 Å². The molecule has 1 aliphatic rings. The van der Waals surface area contributed by atoms with E-state index in [1.54, 1.807) is 0 Å². The van der Waals surface area contributed by atoms with Crippen molar-refractivity contribution in [2.24, 2.45) is 0 Å². The summed E-state index contributed by atoms with van der Waals surface area (Å²) in [5.74, 6) is 0. The van der Waals surface area contributed by atoms with Crippen molar-refractivity contribution < 1.29 is 0 Å². The number of dihydropyridines is 1. The molecule has 9 aromatic rings. The smallest absolute Gasteiger partial charge is 0.0716 e. The van der Waals surface area contributed by atoms with Crippen molar-refractivity contribution in [2.45, 2.75) is 0 Å². The molecule has 0 radical (unpaired) electrons. The van der Waals surface area contributed by atoms with Gasteiger partial charge in [-0.05, 0) is 100 Å². The van der Waals surface area contributed by atoms with E-state index >= 15 is 0 Å². The molecule has 5 heteroatoms. The molecule has 0 spiro atoms. The van der Waals surface area contributed by atoms with Crippen LogP contribution in [0.1, 0.15) is 5.56 Å². The van der Waals surface area contributed by atoms with E-state index in [9.17, 15) is 0 Å². The normalized spacial score (nSPS) is 12.7. The molecule has 246 valence electrons. The Bertz CT molecular complexity index is 2830. The first kappa shape index (κ1) is 30.3. The molecule has 0 fully saturated rings. The van der Waals surface area contributed by atoms with Gasteiger partial charge >= 0.3 is 0 Å². The van der Waals surface area contributed by atoms with Crippen LogP contribution in [0.15, 0.2) is 176 Å². The average Bonchev–Trinajstić information content (AvgIpc) is 3.82. The molecule has 0 atom stereocenters. The lowest BCUT2D eigenvalue weighted by molar-refractivity contribution is 0.976. The summed E-state index contributed by atoms with van der Waals surface area (Å²) >= 11 is 1.87. The second-order valence-corrected chi connectivity index (χ2v) is 14.2. The van der Waals surface area contributed by atoms with E-state index in [2.05, 4.69) is 160 Å². The quantitative estimate of drug-likeness (QED) is 0.190. The van der Waals surface area contributed by atoms with E-state index in [0.717, 1.165) is 45.9 Å². The number of nitrogens with zero attached hydrogens (tertiary/aromatic N) is 3. The molecular formula is C47H32N4S. The second-order valence-electron chi connectivity index (χ2n) is 13.1. The van der Waals surface area contributed by atoms with Gasteiger partial charge in [-0.15, -0.1) is 11.3 Å². The lowest BCUT2D eigenvalue weighted by Gasteiger charge is -2.13. The van der Waals surface area contributed by atoms with E-state index in [1.165, 1.54) is 53.5 Å². The first-order valence-electron chi connectivity index (χ1n) is 17.5. The number of aromatic nitrogens is 3. The number of hydrogen-bond donors (Lipinski definition) is 1. The van der Waals surface area contributed by atoms with Crippen molar-refractivity contribution in [2.75, 3.05) is 6.54 Å². The average molecular weight is 685 g/mol. The van der Waals surface area contributed by atoms with Crippen LogP contribution in [0.4, 0.5) is 0 Å². The van der Waals surface area contributed by atoms with Crippen LogP contribution >= 0.6 is 11.3 Å². The molecule has 5 aromatic carbocycles. The first-order chi connectivity index (χ1) is 25.8. The summed E-state index contributed by atoms with van der Waals surface area (Å²) in [5, 5.41) is 7.07. The number of pyridine rings is 2. The third-order valence-electron chi connectivity index (χ3n) is 9.95. The van der Waals surface area contributed by atoms with E-state index in [4.69, 9.17) is 4.98 Å². The number of benzene rings is 5. The van der Waals surface area contributed by atoms with E-state index in [1.807, 2.05) is 42.1 Å². The fourth-order valence-electron chi connectivity index (χ4n) is 7.41. The monoisotopic (exact) mass is 684 g/mol. The summed E-state index contributed by atoms with van der Waals surface area (Å²) in [6, 6.07) is 52.5. The maximum absolute atomic E-state index is 5.25. The highest BCUT2D eigenvalue weighted by Gasteiger charge is 2.18. The van der Waals surface area contributed by atoms with Crippen LogP contribution in [0.25, 0.3) is 87.2 Å². The zero-order chi connectivity index (χ0) is 34.4. The van der Waals surface area contributed by atoms with Gasteiger partial charge in [-0.1, -0.05) is 97.1 Å². The Hall–Kier alpha value is -6.56. The summed E-state index contributed by atoms with van der Waals surface area (Å²) in [6.07, 6.45) is 10.0. The number of hydrogen-bond acceptors (Lipinski definition) is 4. The fraction of sp³-hybridized carbons (Fsp3) is 0.0213.